The zero-order valence-corrected chi connectivity index (χ0v) is 7.97. The van der Waals surface area contributed by atoms with E-state index >= 15 is 0 Å². The second-order valence-corrected chi connectivity index (χ2v) is 2.98. The lowest BCUT2D eigenvalue weighted by molar-refractivity contribution is -0.173. The first kappa shape index (κ1) is 12.0. The standard InChI is InChI=1S/C8H12F3N3O/c9-8(10,11)5-15-2-1-7-13-4-6(3-12)14-7/h4H,1-3,5,12H2,(H,13,14). The Labute approximate surface area is 84.6 Å². The molecule has 0 aromatic carbocycles. The zero-order chi connectivity index (χ0) is 11.3. The highest BCUT2D eigenvalue weighted by Gasteiger charge is 2.27. The highest BCUT2D eigenvalue weighted by molar-refractivity contribution is 5.00. The molecule has 0 aliphatic carbocycles. The number of alkyl halides is 3. The second-order valence-electron chi connectivity index (χ2n) is 2.98. The van der Waals surface area contributed by atoms with Crippen LogP contribution < -0.4 is 5.73 Å². The number of rotatable bonds is 5. The Bertz CT molecular complexity index is 298. The van der Waals surface area contributed by atoms with Crippen LogP contribution in [-0.2, 0) is 17.7 Å². The average molecular weight is 223 g/mol. The molecule has 1 aromatic rings. The van der Waals surface area contributed by atoms with Crippen LogP contribution >= 0.6 is 0 Å². The smallest absolute Gasteiger partial charge is 0.372 e. The van der Waals surface area contributed by atoms with Gasteiger partial charge < -0.3 is 15.5 Å². The van der Waals surface area contributed by atoms with Gasteiger partial charge in [-0.25, -0.2) is 4.98 Å². The van der Waals surface area contributed by atoms with E-state index in [0.717, 1.165) is 5.69 Å². The molecule has 1 aromatic heterocycles. The molecule has 15 heavy (non-hydrogen) atoms. The number of H-pyrrole nitrogens is 1. The van der Waals surface area contributed by atoms with Crippen molar-refractivity contribution in [2.24, 2.45) is 5.73 Å². The van der Waals surface area contributed by atoms with Gasteiger partial charge >= 0.3 is 6.18 Å². The van der Waals surface area contributed by atoms with Crippen LogP contribution in [0.15, 0.2) is 6.20 Å². The number of hydrogen-bond acceptors (Lipinski definition) is 3. The molecule has 0 unspecified atom stereocenters. The summed E-state index contributed by atoms with van der Waals surface area (Å²) >= 11 is 0. The first-order valence-electron chi connectivity index (χ1n) is 4.38. The normalized spacial score (nSPS) is 12.0. The van der Waals surface area contributed by atoms with E-state index in [1.54, 1.807) is 6.20 Å². The summed E-state index contributed by atoms with van der Waals surface area (Å²) in [5.74, 6) is 0.581. The number of nitrogens with two attached hydrogens (primary N) is 1. The maximum absolute atomic E-state index is 11.7. The highest BCUT2D eigenvalue weighted by Crippen LogP contribution is 2.14. The van der Waals surface area contributed by atoms with E-state index in [4.69, 9.17) is 5.73 Å². The lowest BCUT2D eigenvalue weighted by atomic mass is 10.4. The summed E-state index contributed by atoms with van der Waals surface area (Å²) in [5.41, 5.74) is 6.07. The van der Waals surface area contributed by atoms with E-state index in [0.29, 0.717) is 18.8 Å². The summed E-state index contributed by atoms with van der Waals surface area (Å²) in [6, 6.07) is 0. The van der Waals surface area contributed by atoms with Crippen molar-refractivity contribution in [3.8, 4) is 0 Å². The number of nitrogens with zero attached hydrogens (tertiary/aromatic N) is 1. The third-order valence-corrected chi connectivity index (χ3v) is 1.65. The molecule has 7 heteroatoms. The lowest BCUT2D eigenvalue weighted by Crippen LogP contribution is -2.18. The number of nitrogens with one attached hydrogen (secondary N) is 1. The predicted octanol–water partition coefficient (Wildman–Crippen LogP) is 0.990. The topological polar surface area (TPSA) is 63.9 Å². The van der Waals surface area contributed by atoms with E-state index < -0.39 is 12.8 Å². The van der Waals surface area contributed by atoms with Crippen LogP contribution in [0.4, 0.5) is 13.2 Å². The van der Waals surface area contributed by atoms with Crippen molar-refractivity contribution in [2.45, 2.75) is 19.1 Å². The minimum Gasteiger partial charge on any atom is -0.372 e. The van der Waals surface area contributed by atoms with Crippen molar-refractivity contribution < 1.29 is 17.9 Å². The molecule has 0 amide bonds. The fourth-order valence-corrected chi connectivity index (χ4v) is 0.993. The fourth-order valence-electron chi connectivity index (χ4n) is 0.993. The van der Waals surface area contributed by atoms with Gasteiger partial charge in [0.2, 0.25) is 0 Å². The molecule has 0 bridgehead atoms. The molecule has 0 fully saturated rings. The third kappa shape index (κ3) is 4.80. The highest BCUT2D eigenvalue weighted by atomic mass is 19.4. The van der Waals surface area contributed by atoms with Crippen LogP contribution in [0, 0.1) is 0 Å². The van der Waals surface area contributed by atoms with Crippen molar-refractivity contribution in [2.75, 3.05) is 13.2 Å². The SMILES string of the molecule is NCc1cnc(CCOCC(F)(F)F)[nH]1. The zero-order valence-electron chi connectivity index (χ0n) is 7.97. The average Bonchev–Trinajstić information content (AvgIpc) is 2.59. The molecule has 4 nitrogen and oxygen atoms in total. The molecule has 86 valence electrons. The summed E-state index contributed by atoms with van der Waals surface area (Å²) in [7, 11) is 0. The summed E-state index contributed by atoms with van der Waals surface area (Å²) in [5, 5.41) is 0. The Morgan fingerprint density at radius 2 is 2.20 bits per heavy atom. The van der Waals surface area contributed by atoms with Gasteiger partial charge in [0.15, 0.2) is 0 Å². The summed E-state index contributed by atoms with van der Waals surface area (Å²) in [6.07, 6.45) is -2.40. The summed E-state index contributed by atoms with van der Waals surface area (Å²) in [6.45, 7) is -0.912. The van der Waals surface area contributed by atoms with Gasteiger partial charge in [0.25, 0.3) is 0 Å². The Hall–Kier alpha value is -1.08. The number of aromatic amines is 1. The third-order valence-electron chi connectivity index (χ3n) is 1.65. The first-order chi connectivity index (χ1) is 7.01. The van der Waals surface area contributed by atoms with Crippen LogP contribution in [-0.4, -0.2) is 29.4 Å². The Kier molecular flexibility index (Phi) is 4.10. The van der Waals surface area contributed by atoms with Gasteiger partial charge in [-0.05, 0) is 0 Å². The van der Waals surface area contributed by atoms with E-state index in [1.165, 1.54) is 0 Å². The molecule has 0 saturated carbocycles. The molecule has 3 N–H and O–H groups in total. The Balaban J connectivity index is 2.20. The van der Waals surface area contributed by atoms with Crippen molar-refractivity contribution in [3.05, 3.63) is 17.7 Å². The van der Waals surface area contributed by atoms with Crippen molar-refractivity contribution in [1.29, 1.82) is 0 Å². The van der Waals surface area contributed by atoms with Gasteiger partial charge in [-0.3, -0.25) is 0 Å². The van der Waals surface area contributed by atoms with E-state index in [2.05, 4.69) is 14.7 Å². The maximum Gasteiger partial charge on any atom is 0.411 e. The Morgan fingerprint density at radius 3 is 2.73 bits per heavy atom. The maximum atomic E-state index is 11.7. The number of ether oxygens (including phenoxy) is 1. The Morgan fingerprint density at radius 1 is 1.47 bits per heavy atom. The minimum absolute atomic E-state index is 0.0168. The quantitative estimate of drug-likeness (QED) is 0.731. The van der Waals surface area contributed by atoms with Gasteiger partial charge in [0, 0.05) is 24.9 Å². The fraction of sp³-hybridized carbons (Fsp3) is 0.625. The van der Waals surface area contributed by atoms with E-state index in [1.807, 2.05) is 0 Å². The molecule has 0 saturated heterocycles. The lowest BCUT2D eigenvalue weighted by Gasteiger charge is -2.06. The van der Waals surface area contributed by atoms with Gasteiger partial charge in [-0.2, -0.15) is 13.2 Å². The number of halogens is 3. The van der Waals surface area contributed by atoms with Crippen molar-refractivity contribution in [3.63, 3.8) is 0 Å². The molecule has 0 radical (unpaired) electrons. The van der Waals surface area contributed by atoms with Crippen LogP contribution in [0.2, 0.25) is 0 Å². The largest absolute Gasteiger partial charge is 0.411 e. The van der Waals surface area contributed by atoms with Crippen LogP contribution in [0.5, 0.6) is 0 Å². The minimum atomic E-state index is -4.27. The summed E-state index contributed by atoms with van der Waals surface area (Å²) in [4.78, 5) is 6.79. The number of hydrogen-bond donors (Lipinski definition) is 2. The molecule has 1 heterocycles. The molecular formula is C8H12F3N3O. The number of imidazole rings is 1. The van der Waals surface area contributed by atoms with Crippen LogP contribution in [0.25, 0.3) is 0 Å². The van der Waals surface area contributed by atoms with Gasteiger partial charge in [0.1, 0.15) is 12.4 Å². The number of aromatic nitrogens is 2. The first-order valence-corrected chi connectivity index (χ1v) is 4.38. The van der Waals surface area contributed by atoms with Gasteiger partial charge in [-0.1, -0.05) is 0 Å². The molecule has 0 atom stereocenters. The monoisotopic (exact) mass is 223 g/mol. The predicted molar refractivity (Wildman–Crippen MR) is 47.1 cm³/mol. The van der Waals surface area contributed by atoms with Crippen molar-refractivity contribution in [1.82, 2.24) is 9.97 Å². The molecule has 0 spiro atoms. The molecule has 1 rings (SSSR count). The van der Waals surface area contributed by atoms with Crippen LogP contribution in [0.1, 0.15) is 11.5 Å². The summed E-state index contributed by atoms with van der Waals surface area (Å²) < 4.78 is 39.5. The van der Waals surface area contributed by atoms with Gasteiger partial charge in [-0.15, -0.1) is 0 Å². The molecule has 0 aliphatic heterocycles. The van der Waals surface area contributed by atoms with E-state index in [9.17, 15) is 13.2 Å². The second kappa shape index (κ2) is 5.13. The van der Waals surface area contributed by atoms with Crippen molar-refractivity contribution >= 4 is 0 Å². The molecular weight excluding hydrogens is 211 g/mol. The van der Waals surface area contributed by atoms with E-state index in [-0.39, 0.29) is 6.61 Å². The van der Waals surface area contributed by atoms with Crippen LogP contribution in [0.3, 0.4) is 0 Å². The molecule has 0 aliphatic rings. The van der Waals surface area contributed by atoms with Gasteiger partial charge in [0.05, 0.1) is 6.61 Å².